The van der Waals surface area contributed by atoms with Crippen LogP contribution in [0, 0.1) is 0 Å². The summed E-state index contributed by atoms with van der Waals surface area (Å²) in [4.78, 5) is 6.63. The average Bonchev–Trinajstić information content (AvgIpc) is 2.31. The molecule has 0 aliphatic carbocycles. The molecule has 0 aromatic carbocycles. The highest BCUT2D eigenvalue weighted by Crippen LogP contribution is 2.16. The third-order valence-corrected chi connectivity index (χ3v) is 2.46. The lowest BCUT2D eigenvalue weighted by atomic mass is 10.3. The van der Waals surface area contributed by atoms with E-state index in [1.165, 1.54) is 0 Å². The minimum Gasteiger partial charge on any atom is -0.385 e. The molecule has 0 bridgehead atoms. The molecule has 1 N–H and O–H groups in total. The average molecular weight is 207 g/mol. The van der Waals surface area contributed by atoms with Gasteiger partial charge < -0.3 is 15.0 Å². The molecule has 0 unspecified atom stereocenters. The summed E-state index contributed by atoms with van der Waals surface area (Å²) >= 11 is 0. The van der Waals surface area contributed by atoms with Crippen molar-refractivity contribution in [1.29, 1.82) is 0 Å². The summed E-state index contributed by atoms with van der Waals surface area (Å²) in [6.45, 7) is 6.49. The molecular weight excluding hydrogens is 190 g/mol. The first-order valence-electron chi connectivity index (χ1n) is 5.43. The van der Waals surface area contributed by atoms with Crippen molar-refractivity contribution in [2.24, 2.45) is 0 Å². The van der Waals surface area contributed by atoms with E-state index in [0.29, 0.717) is 0 Å². The first kappa shape index (κ1) is 10.2. The van der Waals surface area contributed by atoms with Crippen molar-refractivity contribution in [3.8, 4) is 0 Å². The van der Waals surface area contributed by atoms with Crippen molar-refractivity contribution in [3.05, 3.63) is 18.3 Å². The molecule has 0 radical (unpaired) electrons. The normalized spacial score (nSPS) is 16.5. The van der Waals surface area contributed by atoms with Crippen LogP contribution in [0.3, 0.4) is 0 Å². The number of rotatable bonds is 3. The molecule has 4 heteroatoms. The van der Waals surface area contributed by atoms with Crippen molar-refractivity contribution < 1.29 is 4.74 Å². The van der Waals surface area contributed by atoms with E-state index < -0.39 is 0 Å². The highest BCUT2D eigenvalue weighted by Gasteiger charge is 2.12. The maximum atomic E-state index is 5.31. The predicted octanol–water partition coefficient (Wildman–Crippen LogP) is 1.35. The number of morpholine rings is 1. The third kappa shape index (κ3) is 2.59. The number of ether oxygens (including phenoxy) is 1. The van der Waals surface area contributed by atoms with Gasteiger partial charge in [0.1, 0.15) is 5.82 Å². The highest BCUT2D eigenvalue weighted by molar-refractivity contribution is 5.53. The zero-order valence-corrected chi connectivity index (χ0v) is 9.07. The lowest BCUT2D eigenvalue weighted by molar-refractivity contribution is 0.122. The Labute approximate surface area is 90.3 Å². The quantitative estimate of drug-likeness (QED) is 0.812. The van der Waals surface area contributed by atoms with Gasteiger partial charge in [-0.05, 0) is 13.0 Å². The number of aromatic nitrogens is 1. The number of hydrogen-bond donors (Lipinski definition) is 1. The minimum absolute atomic E-state index is 0.799. The molecular formula is C11H17N3O. The predicted molar refractivity (Wildman–Crippen MR) is 61.4 cm³/mol. The summed E-state index contributed by atoms with van der Waals surface area (Å²) in [5.74, 6) is 1.04. The molecule has 1 aromatic rings. The lowest BCUT2D eigenvalue weighted by Crippen LogP contribution is -2.36. The van der Waals surface area contributed by atoms with E-state index in [0.717, 1.165) is 44.4 Å². The van der Waals surface area contributed by atoms with Gasteiger partial charge in [0.25, 0.3) is 0 Å². The van der Waals surface area contributed by atoms with Gasteiger partial charge in [-0.15, -0.1) is 0 Å². The number of pyridine rings is 1. The number of nitrogens with one attached hydrogen (secondary N) is 1. The summed E-state index contributed by atoms with van der Waals surface area (Å²) in [6, 6.07) is 4.09. The maximum absolute atomic E-state index is 5.31. The van der Waals surface area contributed by atoms with Gasteiger partial charge in [0.2, 0.25) is 0 Å². The van der Waals surface area contributed by atoms with Crippen LogP contribution in [0.15, 0.2) is 18.3 Å². The first-order chi connectivity index (χ1) is 7.40. The maximum Gasteiger partial charge on any atom is 0.130 e. The van der Waals surface area contributed by atoms with E-state index in [1.54, 1.807) is 0 Å². The second-order valence-electron chi connectivity index (χ2n) is 3.53. The van der Waals surface area contributed by atoms with Crippen LogP contribution in [-0.2, 0) is 4.74 Å². The van der Waals surface area contributed by atoms with Gasteiger partial charge in [0.05, 0.1) is 13.2 Å². The molecule has 82 valence electrons. The van der Waals surface area contributed by atoms with Gasteiger partial charge >= 0.3 is 0 Å². The summed E-state index contributed by atoms with van der Waals surface area (Å²) < 4.78 is 5.31. The van der Waals surface area contributed by atoms with Crippen LogP contribution < -0.4 is 10.2 Å². The SMILES string of the molecule is CCNc1ccnc(N2CCOCC2)c1. The van der Waals surface area contributed by atoms with E-state index >= 15 is 0 Å². The van der Waals surface area contributed by atoms with Crippen molar-refractivity contribution in [1.82, 2.24) is 4.98 Å². The Hall–Kier alpha value is -1.29. The van der Waals surface area contributed by atoms with Crippen molar-refractivity contribution in [3.63, 3.8) is 0 Å². The zero-order valence-electron chi connectivity index (χ0n) is 9.07. The van der Waals surface area contributed by atoms with E-state index in [4.69, 9.17) is 4.74 Å². The Balaban J connectivity index is 2.09. The van der Waals surface area contributed by atoms with E-state index in [9.17, 15) is 0 Å². The van der Waals surface area contributed by atoms with Gasteiger partial charge in [-0.2, -0.15) is 0 Å². The van der Waals surface area contributed by atoms with Crippen LogP contribution >= 0.6 is 0 Å². The smallest absolute Gasteiger partial charge is 0.130 e. The van der Waals surface area contributed by atoms with Gasteiger partial charge in [-0.3, -0.25) is 0 Å². The summed E-state index contributed by atoms with van der Waals surface area (Å²) in [5.41, 5.74) is 1.13. The molecule has 1 fully saturated rings. The van der Waals surface area contributed by atoms with Gasteiger partial charge in [0.15, 0.2) is 0 Å². The largest absolute Gasteiger partial charge is 0.385 e. The van der Waals surface area contributed by atoms with Gasteiger partial charge in [0, 0.05) is 37.6 Å². The van der Waals surface area contributed by atoms with Crippen LogP contribution in [0.4, 0.5) is 11.5 Å². The molecule has 1 aliphatic heterocycles. The molecule has 2 heterocycles. The fraction of sp³-hybridized carbons (Fsp3) is 0.545. The van der Waals surface area contributed by atoms with Crippen LogP contribution in [0.1, 0.15) is 6.92 Å². The number of anilines is 2. The van der Waals surface area contributed by atoms with Crippen molar-refractivity contribution in [2.45, 2.75) is 6.92 Å². The molecule has 1 saturated heterocycles. The van der Waals surface area contributed by atoms with Crippen LogP contribution in [0.5, 0.6) is 0 Å². The molecule has 0 atom stereocenters. The van der Waals surface area contributed by atoms with E-state index in [-0.39, 0.29) is 0 Å². The standard InChI is InChI=1S/C11H17N3O/c1-2-12-10-3-4-13-11(9-10)14-5-7-15-8-6-14/h3-4,9H,2,5-8H2,1H3,(H,12,13). The molecule has 0 amide bonds. The molecule has 0 spiro atoms. The molecule has 4 nitrogen and oxygen atoms in total. The fourth-order valence-electron chi connectivity index (χ4n) is 1.70. The van der Waals surface area contributed by atoms with E-state index in [1.807, 2.05) is 12.3 Å². The summed E-state index contributed by atoms with van der Waals surface area (Å²) in [5, 5.41) is 3.29. The second-order valence-corrected chi connectivity index (χ2v) is 3.53. The highest BCUT2D eigenvalue weighted by atomic mass is 16.5. The number of hydrogen-bond acceptors (Lipinski definition) is 4. The Morgan fingerprint density at radius 1 is 1.47 bits per heavy atom. The first-order valence-corrected chi connectivity index (χ1v) is 5.43. The van der Waals surface area contributed by atoms with Gasteiger partial charge in [-0.25, -0.2) is 4.98 Å². The minimum atomic E-state index is 0.799. The molecule has 2 rings (SSSR count). The Kier molecular flexibility index (Phi) is 3.40. The van der Waals surface area contributed by atoms with Crippen LogP contribution in [0.25, 0.3) is 0 Å². The van der Waals surface area contributed by atoms with E-state index in [2.05, 4.69) is 28.2 Å². The third-order valence-electron chi connectivity index (χ3n) is 2.46. The summed E-state index contributed by atoms with van der Waals surface area (Å²) in [6.07, 6.45) is 1.85. The molecule has 0 saturated carbocycles. The Morgan fingerprint density at radius 3 is 3.00 bits per heavy atom. The number of nitrogens with zero attached hydrogens (tertiary/aromatic N) is 2. The zero-order chi connectivity index (χ0) is 10.5. The van der Waals surface area contributed by atoms with Crippen LogP contribution in [-0.4, -0.2) is 37.8 Å². The monoisotopic (exact) mass is 207 g/mol. The summed E-state index contributed by atoms with van der Waals surface area (Å²) in [7, 11) is 0. The Bertz CT molecular complexity index is 310. The Morgan fingerprint density at radius 2 is 2.27 bits per heavy atom. The lowest BCUT2D eigenvalue weighted by Gasteiger charge is -2.28. The second kappa shape index (κ2) is 4.98. The molecule has 1 aliphatic rings. The molecule has 15 heavy (non-hydrogen) atoms. The van der Waals surface area contributed by atoms with Crippen molar-refractivity contribution >= 4 is 11.5 Å². The van der Waals surface area contributed by atoms with Crippen molar-refractivity contribution in [2.75, 3.05) is 43.1 Å². The van der Waals surface area contributed by atoms with Gasteiger partial charge in [-0.1, -0.05) is 0 Å². The fourth-order valence-corrected chi connectivity index (χ4v) is 1.70. The van der Waals surface area contributed by atoms with Crippen LogP contribution in [0.2, 0.25) is 0 Å². The topological polar surface area (TPSA) is 37.4 Å². The molecule has 1 aromatic heterocycles.